The molecule has 0 N–H and O–H groups in total. The molecule has 0 rings (SSSR count). The van der Waals surface area contributed by atoms with Crippen molar-refractivity contribution in [1.29, 1.82) is 0 Å². The quantitative estimate of drug-likeness (QED) is 0.317. The second kappa shape index (κ2) is 9.32. The number of alkyl halides is 1. The van der Waals surface area contributed by atoms with E-state index in [1.165, 1.54) is 0 Å². The van der Waals surface area contributed by atoms with Gasteiger partial charge in [-0.2, -0.15) is 0 Å². The van der Waals surface area contributed by atoms with Gasteiger partial charge in [-0.3, -0.25) is 9.59 Å². The molecule has 0 heterocycles. The van der Waals surface area contributed by atoms with E-state index in [-0.39, 0.29) is 0 Å². The Hall–Kier alpha value is -0.770. The minimum absolute atomic E-state index is 0.414. The van der Waals surface area contributed by atoms with Crippen LogP contribution in [0.5, 0.6) is 0 Å². The molecule has 76 valence electrons. The summed E-state index contributed by atoms with van der Waals surface area (Å²) in [6.45, 7) is 2.07. The topological polar surface area (TPSA) is 46.6 Å². The van der Waals surface area contributed by atoms with E-state index in [1.54, 1.807) is 4.90 Å². The first-order valence-electron chi connectivity index (χ1n) is 4.15. The van der Waals surface area contributed by atoms with Crippen LogP contribution in [-0.2, 0) is 14.3 Å². The molecular weight excluding hydrogens is 194 g/mol. The van der Waals surface area contributed by atoms with Crippen LogP contribution in [0.4, 0.5) is 0 Å². The second-order valence-corrected chi connectivity index (χ2v) is 2.88. The van der Waals surface area contributed by atoms with Crippen LogP contribution < -0.4 is 0 Å². The number of halogens is 1. The first-order valence-corrected chi connectivity index (χ1v) is 4.69. The first kappa shape index (κ1) is 12.2. The molecule has 0 radical (unpaired) electrons. The van der Waals surface area contributed by atoms with Gasteiger partial charge in [0.25, 0.3) is 6.47 Å². The highest BCUT2D eigenvalue weighted by Gasteiger charge is 1.99. The number of amides is 1. The van der Waals surface area contributed by atoms with Gasteiger partial charge in [0.1, 0.15) is 0 Å². The lowest BCUT2D eigenvalue weighted by Crippen LogP contribution is -2.25. The summed E-state index contributed by atoms with van der Waals surface area (Å²) in [7, 11) is 0. The number of unbranched alkanes of at least 4 members (excludes halogenated alkanes) is 1. The van der Waals surface area contributed by atoms with Crippen molar-refractivity contribution in [3.63, 3.8) is 0 Å². The average molecular weight is 208 g/mol. The maximum atomic E-state index is 10.4. The van der Waals surface area contributed by atoms with Gasteiger partial charge in [-0.05, 0) is 12.8 Å². The Morgan fingerprint density at radius 3 is 2.54 bits per heavy atom. The smallest absolute Gasteiger partial charge is 0.293 e. The van der Waals surface area contributed by atoms with Crippen LogP contribution in [0.15, 0.2) is 0 Å². The number of rotatable bonds is 9. The van der Waals surface area contributed by atoms with E-state index in [0.29, 0.717) is 32.0 Å². The molecule has 0 aliphatic carbocycles. The number of ether oxygens (including phenoxy) is 1. The van der Waals surface area contributed by atoms with Crippen molar-refractivity contribution >= 4 is 24.5 Å². The van der Waals surface area contributed by atoms with Gasteiger partial charge in [0, 0.05) is 19.0 Å². The lowest BCUT2D eigenvalue weighted by atomic mass is 10.3. The highest BCUT2D eigenvalue weighted by molar-refractivity contribution is 6.18. The van der Waals surface area contributed by atoms with Gasteiger partial charge in [0.15, 0.2) is 0 Å². The van der Waals surface area contributed by atoms with E-state index in [2.05, 4.69) is 4.74 Å². The predicted octanol–water partition coefficient (Wildman–Crippen LogP) is 0.637. The molecule has 4 nitrogen and oxygen atoms in total. The van der Waals surface area contributed by atoms with Crippen LogP contribution in [0.3, 0.4) is 0 Å². The zero-order chi connectivity index (χ0) is 9.94. The van der Waals surface area contributed by atoms with Gasteiger partial charge in [0.05, 0.1) is 6.61 Å². The van der Waals surface area contributed by atoms with Gasteiger partial charge in [-0.15, -0.1) is 11.6 Å². The van der Waals surface area contributed by atoms with E-state index in [0.717, 1.165) is 19.3 Å². The fraction of sp³-hybridized carbons (Fsp3) is 0.750. The molecule has 0 unspecified atom stereocenters. The summed E-state index contributed by atoms with van der Waals surface area (Å²) in [6.07, 6.45) is 2.37. The number of hydrogen-bond donors (Lipinski definition) is 0. The van der Waals surface area contributed by atoms with Crippen molar-refractivity contribution in [1.82, 2.24) is 4.90 Å². The van der Waals surface area contributed by atoms with Crippen molar-refractivity contribution in [2.45, 2.75) is 12.8 Å². The Morgan fingerprint density at radius 1 is 1.23 bits per heavy atom. The summed E-state index contributed by atoms with van der Waals surface area (Å²) in [5.41, 5.74) is 0. The highest BCUT2D eigenvalue weighted by atomic mass is 35.5. The third kappa shape index (κ3) is 7.59. The monoisotopic (exact) mass is 207 g/mol. The van der Waals surface area contributed by atoms with E-state index >= 15 is 0 Å². The Balaban J connectivity index is 3.27. The van der Waals surface area contributed by atoms with Crippen LogP contribution in [0.1, 0.15) is 12.8 Å². The summed E-state index contributed by atoms with van der Waals surface area (Å²) < 4.78 is 4.50. The number of hydrogen-bond acceptors (Lipinski definition) is 3. The standard InChI is InChI=1S/C8H14ClNO3/c9-3-5-10(7-11)4-1-2-6-13-8-12/h7-8H,1-6H2. The molecule has 13 heavy (non-hydrogen) atoms. The molecule has 0 saturated heterocycles. The van der Waals surface area contributed by atoms with Gasteiger partial charge < -0.3 is 9.64 Å². The van der Waals surface area contributed by atoms with Crippen LogP contribution in [0.25, 0.3) is 0 Å². The SMILES string of the molecule is O=COCCCCN(C=O)CCCl. The Labute approximate surface area is 82.8 Å². The fourth-order valence-corrected chi connectivity index (χ4v) is 1.09. The number of carbonyl (C=O) groups excluding carboxylic acids is 2. The summed E-state index contributed by atoms with van der Waals surface area (Å²) in [5.74, 6) is 0.448. The maximum absolute atomic E-state index is 10.4. The molecule has 0 spiro atoms. The molecule has 5 heteroatoms. The fourth-order valence-electron chi connectivity index (χ4n) is 0.874. The van der Waals surface area contributed by atoms with Crippen LogP contribution in [0, 0.1) is 0 Å². The van der Waals surface area contributed by atoms with Crippen LogP contribution in [-0.4, -0.2) is 43.4 Å². The van der Waals surface area contributed by atoms with Crippen molar-refractivity contribution < 1.29 is 14.3 Å². The zero-order valence-corrected chi connectivity index (χ0v) is 8.20. The Kier molecular flexibility index (Phi) is 8.77. The van der Waals surface area contributed by atoms with Crippen LogP contribution in [0.2, 0.25) is 0 Å². The van der Waals surface area contributed by atoms with Gasteiger partial charge >= 0.3 is 0 Å². The first-order chi connectivity index (χ1) is 6.35. The third-order valence-electron chi connectivity index (χ3n) is 1.55. The van der Waals surface area contributed by atoms with E-state index < -0.39 is 0 Å². The molecular formula is C8H14ClNO3. The lowest BCUT2D eigenvalue weighted by Gasteiger charge is -2.14. The van der Waals surface area contributed by atoms with E-state index in [9.17, 15) is 9.59 Å². The molecule has 0 bridgehead atoms. The largest absolute Gasteiger partial charge is 0.468 e. The number of carbonyl (C=O) groups is 2. The molecule has 0 aliphatic heterocycles. The van der Waals surface area contributed by atoms with Crippen molar-refractivity contribution in [3.05, 3.63) is 0 Å². The minimum atomic E-state index is 0.414. The average Bonchev–Trinajstić information content (AvgIpc) is 2.16. The lowest BCUT2D eigenvalue weighted by molar-refractivity contribution is -0.129. The maximum Gasteiger partial charge on any atom is 0.293 e. The summed E-state index contributed by atoms with van der Waals surface area (Å²) in [6, 6.07) is 0. The molecule has 0 saturated carbocycles. The third-order valence-corrected chi connectivity index (χ3v) is 1.72. The molecule has 0 atom stereocenters. The predicted molar refractivity (Wildman–Crippen MR) is 49.6 cm³/mol. The molecule has 1 amide bonds. The summed E-state index contributed by atoms with van der Waals surface area (Å²) in [4.78, 5) is 21.8. The second-order valence-electron chi connectivity index (χ2n) is 2.50. The van der Waals surface area contributed by atoms with E-state index in [1.807, 2.05) is 0 Å². The minimum Gasteiger partial charge on any atom is -0.468 e. The van der Waals surface area contributed by atoms with Gasteiger partial charge in [-0.25, -0.2) is 0 Å². The van der Waals surface area contributed by atoms with Crippen molar-refractivity contribution in [3.8, 4) is 0 Å². The zero-order valence-electron chi connectivity index (χ0n) is 7.45. The molecule has 0 aromatic carbocycles. The van der Waals surface area contributed by atoms with Gasteiger partial charge in [-0.1, -0.05) is 0 Å². The number of nitrogens with zero attached hydrogens (tertiary/aromatic N) is 1. The van der Waals surface area contributed by atoms with E-state index in [4.69, 9.17) is 11.6 Å². The molecule has 0 aromatic heterocycles. The highest BCUT2D eigenvalue weighted by Crippen LogP contribution is 1.94. The Bertz CT molecular complexity index is 143. The Morgan fingerprint density at radius 2 is 2.00 bits per heavy atom. The normalized spacial score (nSPS) is 9.31. The molecule has 0 fully saturated rings. The summed E-state index contributed by atoms with van der Waals surface area (Å²) >= 11 is 5.47. The van der Waals surface area contributed by atoms with Crippen molar-refractivity contribution in [2.75, 3.05) is 25.6 Å². The van der Waals surface area contributed by atoms with Crippen LogP contribution >= 0.6 is 11.6 Å². The summed E-state index contributed by atoms with van der Waals surface area (Å²) in [5, 5.41) is 0. The van der Waals surface area contributed by atoms with Gasteiger partial charge in [0.2, 0.25) is 6.41 Å². The molecule has 0 aliphatic rings. The van der Waals surface area contributed by atoms with Crippen molar-refractivity contribution in [2.24, 2.45) is 0 Å². The molecule has 0 aromatic rings.